The third-order valence-corrected chi connectivity index (χ3v) is 5.15. The van der Waals surface area contributed by atoms with Gasteiger partial charge in [0.25, 0.3) is 5.56 Å². The van der Waals surface area contributed by atoms with Crippen LogP contribution in [0.4, 0.5) is 5.95 Å². The number of carboxylic acid groups (broad SMARTS) is 1. The maximum atomic E-state index is 11.8. The van der Waals surface area contributed by atoms with Crippen LogP contribution in [0.2, 0.25) is 0 Å². The summed E-state index contributed by atoms with van der Waals surface area (Å²) in [6.45, 7) is 0. The summed E-state index contributed by atoms with van der Waals surface area (Å²) in [6, 6.07) is 8.93. The predicted octanol–water partition coefficient (Wildman–Crippen LogP) is 3.22. The van der Waals surface area contributed by atoms with Gasteiger partial charge in [-0.2, -0.15) is 0 Å². The minimum absolute atomic E-state index is 0.153. The average Bonchev–Trinajstić information content (AvgIpc) is 2.98. The third kappa shape index (κ3) is 4.24. The number of carboxylic acids is 1. The molecule has 25 heavy (non-hydrogen) atoms. The van der Waals surface area contributed by atoms with Crippen molar-refractivity contribution in [3.63, 3.8) is 0 Å². The van der Waals surface area contributed by atoms with Gasteiger partial charge in [0.2, 0.25) is 5.95 Å². The number of unbranched alkanes of at least 4 members (excludes halogenated alkanes) is 2. The smallest absolute Gasteiger partial charge is 0.335 e. The zero-order valence-electron chi connectivity index (χ0n) is 13.6. The van der Waals surface area contributed by atoms with Crippen molar-refractivity contribution in [2.45, 2.75) is 32.1 Å². The molecule has 6 nitrogen and oxygen atoms in total. The maximum absolute atomic E-state index is 11.8. The van der Waals surface area contributed by atoms with Crippen molar-refractivity contribution in [3.8, 4) is 0 Å². The van der Waals surface area contributed by atoms with Crippen molar-refractivity contribution in [2.75, 3.05) is 5.73 Å². The molecule has 0 fully saturated rings. The van der Waals surface area contributed by atoms with Crippen LogP contribution in [0.15, 0.2) is 35.1 Å². The summed E-state index contributed by atoms with van der Waals surface area (Å²) in [5.74, 6) is -0.746. The topological polar surface area (TPSA) is 109 Å². The highest BCUT2D eigenvalue weighted by molar-refractivity contribution is 7.18. The first-order valence-corrected chi connectivity index (χ1v) is 8.95. The molecule has 3 aromatic rings. The Kier molecular flexibility index (Phi) is 5.14. The van der Waals surface area contributed by atoms with Gasteiger partial charge in [0.1, 0.15) is 4.83 Å². The summed E-state index contributed by atoms with van der Waals surface area (Å²) in [6.07, 6.45) is 5.00. The zero-order chi connectivity index (χ0) is 17.8. The van der Waals surface area contributed by atoms with Crippen LogP contribution in [0.25, 0.3) is 10.2 Å². The molecule has 2 heterocycles. The first-order chi connectivity index (χ1) is 12.0. The number of thiophene rings is 1. The van der Waals surface area contributed by atoms with Gasteiger partial charge in [-0.15, -0.1) is 11.3 Å². The van der Waals surface area contributed by atoms with E-state index < -0.39 is 5.97 Å². The van der Waals surface area contributed by atoms with Crippen LogP contribution in [-0.4, -0.2) is 21.0 Å². The van der Waals surface area contributed by atoms with Crippen LogP contribution < -0.4 is 11.3 Å². The van der Waals surface area contributed by atoms with E-state index in [1.807, 2.05) is 18.2 Å². The number of carbonyl (C=O) groups is 1. The number of nitrogens with zero attached hydrogens (tertiary/aromatic N) is 1. The molecule has 0 aliphatic rings. The quantitative estimate of drug-likeness (QED) is 0.563. The lowest BCUT2D eigenvalue weighted by Crippen LogP contribution is -2.09. The first-order valence-electron chi connectivity index (χ1n) is 8.13. The second kappa shape index (κ2) is 7.48. The Hall–Kier alpha value is -2.67. The normalized spacial score (nSPS) is 11.0. The highest BCUT2D eigenvalue weighted by Gasteiger charge is 2.07. The SMILES string of the molecule is Nc1nc2sc(CCCCCc3ccc(C(=O)O)cc3)cc2c(=O)[nH]1. The molecule has 0 radical (unpaired) electrons. The van der Waals surface area contributed by atoms with Crippen molar-refractivity contribution in [2.24, 2.45) is 0 Å². The third-order valence-electron chi connectivity index (χ3n) is 4.06. The number of hydrogen-bond acceptors (Lipinski definition) is 5. The molecule has 1 aromatic carbocycles. The lowest BCUT2D eigenvalue weighted by atomic mass is 10.0. The first kappa shape index (κ1) is 17.2. The van der Waals surface area contributed by atoms with Crippen LogP contribution in [0.5, 0.6) is 0 Å². The molecule has 0 aliphatic carbocycles. The van der Waals surface area contributed by atoms with Gasteiger partial charge in [0.05, 0.1) is 10.9 Å². The number of hydrogen-bond donors (Lipinski definition) is 3. The van der Waals surface area contributed by atoms with Crippen molar-refractivity contribution in [1.29, 1.82) is 0 Å². The van der Waals surface area contributed by atoms with Gasteiger partial charge in [-0.05, 0) is 49.4 Å². The Morgan fingerprint density at radius 1 is 1.16 bits per heavy atom. The number of fused-ring (bicyclic) bond motifs is 1. The molecule has 0 unspecified atom stereocenters. The van der Waals surface area contributed by atoms with Crippen LogP contribution >= 0.6 is 11.3 Å². The molecule has 7 heteroatoms. The van der Waals surface area contributed by atoms with Crippen LogP contribution in [-0.2, 0) is 12.8 Å². The fourth-order valence-corrected chi connectivity index (χ4v) is 3.82. The molecule has 4 N–H and O–H groups in total. The lowest BCUT2D eigenvalue weighted by molar-refractivity contribution is 0.0697. The molecule has 3 rings (SSSR count). The predicted molar refractivity (Wildman–Crippen MR) is 99.3 cm³/mol. The van der Waals surface area contributed by atoms with E-state index in [0.717, 1.165) is 42.5 Å². The van der Waals surface area contributed by atoms with E-state index >= 15 is 0 Å². The number of nitrogen functional groups attached to an aromatic ring is 1. The second-order valence-electron chi connectivity index (χ2n) is 5.95. The molecular formula is C18H19N3O3S. The number of H-pyrrole nitrogens is 1. The highest BCUT2D eigenvalue weighted by Crippen LogP contribution is 2.23. The van der Waals surface area contributed by atoms with E-state index in [1.165, 1.54) is 11.3 Å². The second-order valence-corrected chi connectivity index (χ2v) is 7.06. The average molecular weight is 357 g/mol. The van der Waals surface area contributed by atoms with Crippen LogP contribution in [0.1, 0.15) is 40.1 Å². The Morgan fingerprint density at radius 2 is 1.88 bits per heavy atom. The molecule has 130 valence electrons. The monoisotopic (exact) mass is 357 g/mol. The van der Waals surface area contributed by atoms with Gasteiger partial charge >= 0.3 is 5.97 Å². The summed E-state index contributed by atoms with van der Waals surface area (Å²) >= 11 is 1.52. The zero-order valence-corrected chi connectivity index (χ0v) is 14.4. The largest absolute Gasteiger partial charge is 0.478 e. The number of anilines is 1. The van der Waals surface area contributed by atoms with E-state index in [-0.39, 0.29) is 11.5 Å². The minimum atomic E-state index is -0.898. The fourth-order valence-electron chi connectivity index (χ4n) is 2.74. The Balaban J connectivity index is 1.48. The highest BCUT2D eigenvalue weighted by atomic mass is 32.1. The molecule has 0 atom stereocenters. The van der Waals surface area contributed by atoms with E-state index in [1.54, 1.807) is 12.1 Å². The van der Waals surface area contributed by atoms with E-state index in [4.69, 9.17) is 10.8 Å². The van der Waals surface area contributed by atoms with E-state index in [9.17, 15) is 9.59 Å². The Labute approximate surface area is 148 Å². The molecule has 0 spiro atoms. The van der Waals surface area contributed by atoms with Gasteiger partial charge in [-0.3, -0.25) is 9.78 Å². The molecule has 0 amide bonds. The summed E-state index contributed by atoms with van der Waals surface area (Å²) in [5.41, 5.74) is 6.85. The van der Waals surface area contributed by atoms with Crippen molar-refractivity contribution < 1.29 is 9.90 Å². The number of benzene rings is 1. The van der Waals surface area contributed by atoms with Gasteiger partial charge in [-0.1, -0.05) is 18.6 Å². The van der Waals surface area contributed by atoms with Gasteiger partial charge < -0.3 is 10.8 Å². The number of rotatable bonds is 7. The number of nitrogens with two attached hydrogens (primary N) is 1. The molecule has 0 saturated heterocycles. The van der Waals surface area contributed by atoms with E-state index in [2.05, 4.69) is 9.97 Å². The molecular weight excluding hydrogens is 338 g/mol. The Bertz CT molecular complexity index is 944. The molecule has 0 saturated carbocycles. The molecule has 0 aliphatic heterocycles. The minimum Gasteiger partial charge on any atom is -0.478 e. The summed E-state index contributed by atoms with van der Waals surface area (Å²) in [7, 11) is 0. The van der Waals surface area contributed by atoms with Gasteiger partial charge in [-0.25, -0.2) is 9.78 Å². The van der Waals surface area contributed by atoms with Crippen LogP contribution in [0, 0.1) is 0 Å². The van der Waals surface area contributed by atoms with Crippen LogP contribution in [0.3, 0.4) is 0 Å². The lowest BCUT2D eigenvalue weighted by Gasteiger charge is -2.02. The summed E-state index contributed by atoms with van der Waals surface area (Å²) in [5, 5.41) is 9.49. The standard InChI is InChI=1S/C18H19N3O3S/c19-18-20-15(22)14-10-13(25-16(14)21-18)5-3-1-2-4-11-6-8-12(9-7-11)17(23)24/h6-10H,1-5H2,(H,23,24)(H3,19,20,21,22). The van der Waals surface area contributed by atoms with Gasteiger partial charge in [0, 0.05) is 4.88 Å². The molecule has 0 bridgehead atoms. The van der Waals surface area contributed by atoms with Crippen molar-refractivity contribution >= 4 is 33.5 Å². The van der Waals surface area contributed by atoms with E-state index in [0.29, 0.717) is 15.8 Å². The summed E-state index contributed by atoms with van der Waals surface area (Å²) < 4.78 is 0. The number of aromatic amines is 1. The number of aromatic carboxylic acids is 1. The van der Waals surface area contributed by atoms with Crippen molar-refractivity contribution in [3.05, 3.63) is 56.7 Å². The fraction of sp³-hybridized carbons (Fsp3) is 0.278. The number of aryl methyl sites for hydroxylation is 2. The number of nitrogens with one attached hydrogen (secondary N) is 1. The number of aromatic nitrogens is 2. The molecule has 2 aromatic heterocycles. The maximum Gasteiger partial charge on any atom is 0.335 e. The summed E-state index contributed by atoms with van der Waals surface area (Å²) in [4.78, 5) is 31.1. The Morgan fingerprint density at radius 3 is 2.60 bits per heavy atom. The van der Waals surface area contributed by atoms with Gasteiger partial charge in [0.15, 0.2) is 0 Å². The van der Waals surface area contributed by atoms with Crippen molar-refractivity contribution in [1.82, 2.24) is 9.97 Å².